The molecule has 1 heterocycles. The Morgan fingerprint density at radius 2 is 1.05 bits per heavy atom. The van der Waals surface area contributed by atoms with Gasteiger partial charge in [-0.15, -0.1) is 0 Å². The number of methoxy groups -OCH3 is 2. The molecule has 94 heavy (non-hydrogen) atoms. The van der Waals surface area contributed by atoms with Crippen LogP contribution in [0.2, 0.25) is 0 Å². The number of hydrogen-bond donors (Lipinski definition) is 2. The number of carbonyl (C=O) groups is 6. The molecule has 1 saturated heterocycles. The van der Waals surface area contributed by atoms with Gasteiger partial charge in [0.1, 0.15) is 17.1 Å². The molecule has 1 unspecified atom stereocenters. The Morgan fingerprint density at radius 1 is 0.585 bits per heavy atom. The number of likely N-dealkylation sites (tertiary alicyclic amines) is 1. The van der Waals surface area contributed by atoms with E-state index in [1.807, 2.05) is 107 Å². The molecule has 6 amide bonds. The average molecular weight is 1370 g/mol. The van der Waals surface area contributed by atoms with E-state index in [9.17, 15) is 86.7 Å². The van der Waals surface area contributed by atoms with Crippen molar-refractivity contribution in [3.8, 4) is 17.6 Å². The van der Waals surface area contributed by atoms with Gasteiger partial charge in [0.15, 0.2) is 0 Å². The first-order chi connectivity index (χ1) is 44.2. The van der Waals surface area contributed by atoms with Crippen LogP contribution in [-0.2, 0) is 48.2 Å². The minimum Gasteiger partial charge on any atom is -0.497 e. The van der Waals surface area contributed by atoms with Crippen molar-refractivity contribution in [3.05, 3.63) is 95.6 Å². The normalized spacial score (nSPS) is 15.0. The van der Waals surface area contributed by atoms with Crippen molar-refractivity contribution in [1.82, 2.24) is 34.9 Å². The number of hydrogen-bond acceptors (Lipinski definition) is 13. The number of alkyl halides is 12. The Bertz CT molecular complexity index is 2850. The van der Waals surface area contributed by atoms with Crippen LogP contribution in [0, 0.1) is 11.3 Å². The van der Waals surface area contributed by atoms with Crippen molar-refractivity contribution in [3.63, 3.8) is 0 Å². The first-order valence-electron chi connectivity index (χ1n) is 30.4. The number of ether oxygens (including phenoxy) is 3. The number of nitriles is 1. The van der Waals surface area contributed by atoms with Gasteiger partial charge in [0.05, 0.1) is 52.1 Å². The third-order valence-electron chi connectivity index (χ3n) is 15.0. The van der Waals surface area contributed by atoms with Crippen LogP contribution in [0.5, 0.6) is 11.5 Å². The quantitative estimate of drug-likeness (QED) is 0.0237. The zero-order valence-corrected chi connectivity index (χ0v) is 53.9. The third kappa shape index (κ3) is 24.6. The molecule has 0 radical (unpaired) electrons. The van der Waals surface area contributed by atoms with Crippen molar-refractivity contribution in [2.45, 2.75) is 153 Å². The van der Waals surface area contributed by atoms with Crippen molar-refractivity contribution in [2.75, 3.05) is 86.3 Å². The van der Waals surface area contributed by atoms with Gasteiger partial charge < -0.3 is 53.5 Å². The van der Waals surface area contributed by atoms with E-state index in [0.717, 1.165) is 16.7 Å². The highest BCUT2D eigenvalue weighted by molar-refractivity contribution is 7.44. The molecule has 3 aromatic carbocycles. The van der Waals surface area contributed by atoms with Crippen LogP contribution < -0.4 is 20.1 Å². The Balaban J connectivity index is 1.43. The predicted octanol–water partition coefficient (Wildman–Crippen LogP) is 10.8. The van der Waals surface area contributed by atoms with E-state index >= 15 is 0 Å². The zero-order chi connectivity index (χ0) is 70.0. The Hall–Kier alpha value is -7.00. The van der Waals surface area contributed by atoms with Crippen LogP contribution in [0.15, 0.2) is 78.9 Å². The van der Waals surface area contributed by atoms with Crippen LogP contribution in [-0.4, -0.2) is 195 Å². The minimum atomic E-state index is -5.54. The highest BCUT2D eigenvalue weighted by Gasteiger charge is 2.47. The predicted molar refractivity (Wildman–Crippen MR) is 320 cm³/mol. The van der Waals surface area contributed by atoms with E-state index in [-0.39, 0.29) is 71.8 Å². The standard InChI is InChI=1S/C62H81F12N8O11P/c1-43(2)82(44(3)4)94(92-39-15-30-75)93-51-40-48(42-91-58(45-18-9-7-10-19-45,46-21-25-49(89-5)26-22-46)47-23-27-50(90-6)28-24-47)81(41-51)53(84)20-11-8-12-31-76-52(83)29-38-80(57(88)62(72,73)74)37-17-36-79(56(87)61(69,70)71)34-14-13-33-78(55(86)60(66,67)68)35-16-32-77-54(85)59(63,64)65/h7,9-10,18-19,21-28,43-44,48,51H,8,11-17,20,29,31-42H2,1-6H3,(H,76,83)(H,77,85)/t48-,51+,94?/m0/s1. The lowest BCUT2D eigenvalue weighted by Gasteiger charge is -2.38. The van der Waals surface area contributed by atoms with Gasteiger partial charge in [-0.05, 0) is 114 Å². The van der Waals surface area contributed by atoms with Crippen molar-refractivity contribution < 1.29 is 105 Å². The fourth-order valence-corrected chi connectivity index (χ4v) is 12.2. The van der Waals surface area contributed by atoms with E-state index in [4.69, 9.17) is 23.3 Å². The maximum atomic E-state index is 14.5. The molecule has 0 aromatic heterocycles. The summed E-state index contributed by atoms with van der Waals surface area (Å²) in [6.45, 7) is 2.25. The number of benzene rings is 3. The highest BCUT2D eigenvalue weighted by Crippen LogP contribution is 2.49. The molecule has 4 rings (SSSR count). The lowest BCUT2D eigenvalue weighted by molar-refractivity contribution is -0.187. The van der Waals surface area contributed by atoms with E-state index in [2.05, 4.69) is 16.1 Å². The Morgan fingerprint density at radius 3 is 1.52 bits per heavy atom. The van der Waals surface area contributed by atoms with Crippen molar-refractivity contribution in [2.24, 2.45) is 0 Å². The maximum Gasteiger partial charge on any atom is 0.471 e. The summed E-state index contributed by atoms with van der Waals surface area (Å²) >= 11 is 0. The summed E-state index contributed by atoms with van der Waals surface area (Å²) in [4.78, 5) is 77.5. The Kier molecular flexibility index (Phi) is 31.6. The van der Waals surface area contributed by atoms with E-state index in [0.29, 0.717) is 37.2 Å². The van der Waals surface area contributed by atoms with Gasteiger partial charge in [-0.25, -0.2) is 4.67 Å². The van der Waals surface area contributed by atoms with Crippen LogP contribution in [0.4, 0.5) is 52.7 Å². The number of nitrogens with zero attached hydrogens (tertiary/aromatic N) is 6. The van der Waals surface area contributed by atoms with Gasteiger partial charge in [0.2, 0.25) is 11.8 Å². The molecule has 0 bridgehead atoms. The zero-order valence-electron chi connectivity index (χ0n) is 53.0. The third-order valence-corrected chi connectivity index (χ3v) is 17.1. The number of rotatable bonds is 38. The second-order valence-corrected chi connectivity index (χ2v) is 23.9. The van der Waals surface area contributed by atoms with Crippen LogP contribution in [0.25, 0.3) is 0 Å². The molecule has 1 fully saturated rings. The molecular formula is C62H81F12N8O11P. The largest absolute Gasteiger partial charge is 0.497 e. The van der Waals surface area contributed by atoms with Gasteiger partial charge in [-0.2, -0.15) is 57.9 Å². The molecule has 1 aliphatic heterocycles. The fourth-order valence-electron chi connectivity index (χ4n) is 10.5. The van der Waals surface area contributed by atoms with Gasteiger partial charge in [-0.1, -0.05) is 61.0 Å². The van der Waals surface area contributed by atoms with E-state index < -0.39 is 158 Å². The molecule has 3 aromatic rings. The van der Waals surface area contributed by atoms with Crippen molar-refractivity contribution >= 4 is 44.0 Å². The molecule has 0 spiro atoms. The Labute approximate surface area is 539 Å². The summed E-state index contributed by atoms with van der Waals surface area (Å²) in [6.07, 6.45) is -23.9. The number of nitrogens with one attached hydrogen (secondary N) is 2. The van der Waals surface area contributed by atoms with Gasteiger partial charge >= 0.3 is 48.3 Å². The topological polar surface area (TPSA) is 213 Å². The molecular weight excluding hydrogens is 1290 g/mol. The molecule has 32 heteroatoms. The summed E-state index contributed by atoms with van der Waals surface area (Å²) < 4.78 is 193. The van der Waals surface area contributed by atoms with Gasteiger partial charge in [-0.3, -0.25) is 28.8 Å². The molecule has 0 aliphatic carbocycles. The minimum absolute atomic E-state index is 0.0109. The second kappa shape index (κ2) is 37.3. The number of halogens is 12. The summed E-state index contributed by atoms with van der Waals surface area (Å²) in [6, 6.07) is 26.0. The monoisotopic (exact) mass is 1370 g/mol. The van der Waals surface area contributed by atoms with Crippen LogP contribution >= 0.6 is 8.53 Å². The van der Waals surface area contributed by atoms with E-state index in [1.165, 1.54) is 5.32 Å². The van der Waals surface area contributed by atoms with Crippen LogP contribution in [0.1, 0.15) is 115 Å². The lowest BCUT2D eigenvalue weighted by Crippen LogP contribution is -2.46. The first kappa shape index (κ1) is 79.4. The average Bonchev–Trinajstić information content (AvgIpc) is 0.849. The molecule has 1 aliphatic rings. The summed E-state index contributed by atoms with van der Waals surface area (Å²) in [5.41, 5.74) is 1.06. The second-order valence-electron chi connectivity index (χ2n) is 22.5. The van der Waals surface area contributed by atoms with Crippen molar-refractivity contribution in [1.29, 1.82) is 5.26 Å². The molecule has 19 nitrogen and oxygen atoms in total. The summed E-state index contributed by atoms with van der Waals surface area (Å²) in [7, 11) is 1.40. The summed E-state index contributed by atoms with van der Waals surface area (Å²) in [5.74, 6) is -9.60. The molecule has 524 valence electrons. The molecule has 0 saturated carbocycles. The fraction of sp³-hybridized carbons (Fsp3) is 0.597. The number of carbonyl (C=O) groups excluding carboxylic acids is 6. The van der Waals surface area contributed by atoms with Gasteiger partial charge in [0.25, 0.3) is 8.53 Å². The smallest absolute Gasteiger partial charge is 0.471 e. The SMILES string of the molecule is COc1ccc(C(OC[C@@H]2C[C@@H](OP(OCCC#N)N(C(C)C)C(C)C)CN2C(=O)CCCCCNC(=O)CCN(CCCN(CCCCN(CCCNC(=O)C(F)(F)F)C(=O)C(F)(F)F)C(=O)C(F)(F)F)C(=O)C(F)(F)F)(c2ccccc2)c2ccc(OC)cc2)cc1. The number of unbranched alkanes of at least 4 members (excludes halogenated alkanes) is 3. The maximum absolute atomic E-state index is 14.5. The molecule has 3 atom stereocenters. The highest BCUT2D eigenvalue weighted by atomic mass is 31.2. The molecule has 2 N–H and O–H groups in total. The van der Waals surface area contributed by atoms with Crippen LogP contribution in [0.3, 0.4) is 0 Å². The van der Waals surface area contributed by atoms with Gasteiger partial charge in [0, 0.05) is 83.8 Å². The summed E-state index contributed by atoms with van der Waals surface area (Å²) in [5, 5.41) is 13.3. The lowest BCUT2D eigenvalue weighted by atomic mass is 9.80. The van der Waals surface area contributed by atoms with E-state index in [1.54, 1.807) is 19.1 Å². The first-order valence-corrected chi connectivity index (χ1v) is 31.5. The number of amides is 6.